The van der Waals surface area contributed by atoms with E-state index in [1.807, 2.05) is 36.4 Å². The lowest BCUT2D eigenvalue weighted by Crippen LogP contribution is -2.35. The maximum Gasteiger partial charge on any atom is 0.437 e. The lowest BCUT2D eigenvalue weighted by molar-refractivity contribution is -0.133. The van der Waals surface area contributed by atoms with E-state index >= 15 is 0 Å². The number of carbonyl (C=O) groups is 1. The van der Waals surface area contributed by atoms with Gasteiger partial charge in [0.2, 0.25) is 11.8 Å². The molecule has 1 unspecified atom stereocenters. The fourth-order valence-corrected chi connectivity index (χ4v) is 4.00. The van der Waals surface area contributed by atoms with Crippen molar-refractivity contribution in [3.8, 4) is 23.0 Å². The van der Waals surface area contributed by atoms with Crippen LogP contribution in [0.5, 0.6) is 11.5 Å². The number of ether oxygens (including phenoxy) is 2. The van der Waals surface area contributed by atoms with E-state index < -0.39 is 5.76 Å². The van der Waals surface area contributed by atoms with E-state index in [0.717, 1.165) is 28.8 Å². The van der Waals surface area contributed by atoms with Gasteiger partial charge in [-0.2, -0.15) is 4.68 Å². The number of amides is 1. The number of benzene rings is 2. The molecule has 8 heteroatoms. The van der Waals surface area contributed by atoms with E-state index in [-0.39, 0.29) is 24.4 Å². The lowest BCUT2D eigenvalue weighted by Gasteiger charge is -2.26. The Kier molecular flexibility index (Phi) is 4.74. The molecule has 3 heterocycles. The van der Waals surface area contributed by atoms with Crippen LogP contribution in [0.4, 0.5) is 0 Å². The van der Waals surface area contributed by atoms with Crippen LogP contribution in [0.3, 0.4) is 0 Å². The van der Waals surface area contributed by atoms with Crippen molar-refractivity contribution in [2.24, 2.45) is 0 Å². The largest absolute Gasteiger partial charge is 0.486 e. The van der Waals surface area contributed by atoms with Crippen molar-refractivity contribution in [3.63, 3.8) is 0 Å². The van der Waals surface area contributed by atoms with Gasteiger partial charge in [-0.15, -0.1) is 5.10 Å². The summed E-state index contributed by atoms with van der Waals surface area (Å²) in [5.74, 6) is 0.833. The summed E-state index contributed by atoms with van der Waals surface area (Å²) in [6.07, 6.45) is 1.75. The second kappa shape index (κ2) is 7.70. The molecule has 0 aliphatic carbocycles. The molecule has 2 aromatic carbocycles. The van der Waals surface area contributed by atoms with Gasteiger partial charge >= 0.3 is 5.76 Å². The number of rotatable bonds is 4. The molecule has 1 aromatic heterocycles. The minimum absolute atomic E-state index is 0.0653. The van der Waals surface area contributed by atoms with Gasteiger partial charge in [0.1, 0.15) is 19.8 Å². The monoisotopic (exact) mass is 407 g/mol. The molecule has 5 rings (SSSR count). The van der Waals surface area contributed by atoms with Crippen LogP contribution in [0.15, 0.2) is 57.7 Å². The smallest absolute Gasteiger partial charge is 0.437 e. The molecule has 1 amide bonds. The van der Waals surface area contributed by atoms with Gasteiger partial charge < -0.3 is 18.8 Å². The molecule has 0 radical (unpaired) electrons. The second-order valence-electron chi connectivity index (χ2n) is 7.35. The standard InChI is InChI=1S/C22H21N3O5/c26-20(14-25-22(27)30-21(23-25)15-5-2-1-3-6-15)24-10-4-7-17(24)16-8-9-18-19(13-16)29-12-11-28-18/h1-3,5-6,8-9,13,17H,4,7,10-12,14H2. The first kappa shape index (κ1) is 18.5. The minimum atomic E-state index is -0.641. The van der Waals surface area contributed by atoms with E-state index in [9.17, 15) is 9.59 Å². The molecule has 2 aliphatic rings. The Morgan fingerprint density at radius 1 is 1.07 bits per heavy atom. The normalized spacial score (nSPS) is 17.9. The summed E-state index contributed by atoms with van der Waals surface area (Å²) >= 11 is 0. The van der Waals surface area contributed by atoms with Crippen LogP contribution in [0.2, 0.25) is 0 Å². The molecule has 1 fully saturated rings. The van der Waals surface area contributed by atoms with Crippen molar-refractivity contribution < 1.29 is 18.7 Å². The summed E-state index contributed by atoms with van der Waals surface area (Å²) in [4.78, 5) is 27.0. The molecule has 0 saturated carbocycles. The van der Waals surface area contributed by atoms with Gasteiger partial charge in [0.05, 0.1) is 6.04 Å². The first-order chi connectivity index (χ1) is 14.7. The van der Waals surface area contributed by atoms with E-state index in [1.54, 1.807) is 17.0 Å². The molecule has 154 valence electrons. The van der Waals surface area contributed by atoms with Gasteiger partial charge in [-0.3, -0.25) is 4.79 Å². The molecule has 3 aromatic rings. The summed E-state index contributed by atoms with van der Waals surface area (Å²) in [6, 6.07) is 14.9. The van der Waals surface area contributed by atoms with Gasteiger partial charge in [-0.1, -0.05) is 24.3 Å². The molecular weight excluding hydrogens is 386 g/mol. The third-order valence-electron chi connectivity index (χ3n) is 5.44. The fraction of sp³-hybridized carbons (Fsp3) is 0.318. The highest BCUT2D eigenvalue weighted by atomic mass is 16.6. The van der Waals surface area contributed by atoms with Gasteiger partial charge in [0.15, 0.2) is 11.5 Å². The number of hydrogen-bond donors (Lipinski definition) is 0. The van der Waals surface area contributed by atoms with Gasteiger partial charge in [-0.05, 0) is 42.7 Å². The third kappa shape index (κ3) is 3.45. The Labute approximate surface area is 172 Å². The average Bonchev–Trinajstić information content (AvgIpc) is 3.41. The molecule has 2 aliphatic heterocycles. The molecule has 1 saturated heterocycles. The predicted molar refractivity (Wildman–Crippen MR) is 107 cm³/mol. The van der Waals surface area contributed by atoms with Crippen molar-refractivity contribution in [1.29, 1.82) is 0 Å². The zero-order valence-corrected chi connectivity index (χ0v) is 16.3. The number of fused-ring (bicyclic) bond motifs is 1. The van der Waals surface area contributed by atoms with Crippen LogP contribution in [0.25, 0.3) is 11.5 Å². The SMILES string of the molecule is O=C(Cn1nc(-c2ccccc2)oc1=O)N1CCCC1c1ccc2c(c1)OCCO2. The zero-order valence-electron chi connectivity index (χ0n) is 16.3. The van der Waals surface area contributed by atoms with Crippen LogP contribution in [0.1, 0.15) is 24.4 Å². The van der Waals surface area contributed by atoms with Gasteiger partial charge in [-0.25, -0.2) is 4.79 Å². The summed E-state index contributed by atoms with van der Waals surface area (Å²) in [5, 5.41) is 4.20. The topological polar surface area (TPSA) is 86.8 Å². The third-order valence-corrected chi connectivity index (χ3v) is 5.44. The Morgan fingerprint density at radius 3 is 2.70 bits per heavy atom. The van der Waals surface area contributed by atoms with Crippen molar-refractivity contribution >= 4 is 5.91 Å². The number of aromatic nitrogens is 2. The Hall–Kier alpha value is -3.55. The number of hydrogen-bond acceptors (Lipinski definition) is 6. The Bertz CT molecular complexity index is 1120. The summed E-state index contributed by atoms with van der Waals surface area (Å²) in [6.45, 7) is 1.53. The highest BCUT2D eigenvalue weighted by Gasteiger charge is 2.31. The summed E-state index contributed by atoms with van der Waals surface area (Å²) in [5.41, 5.74) is 1.69. The van der Waals surface area contributed by atoms with Crippen LogP contribution >= 0.6 is 0 Å². The second-order valence-corrected chi connectivity index (χ2v) is 7.35. The van der Waals surface area contributed by atoms with Crippen molar-refractivity contribution in [1.82, 2.24) is 14.7 Å². The van der Waals surface area contributed by atoms with Crippen LogP contribution in [-0.2, 0) is 11.3 Å². The van der Waals surface area contributed by atoms with Crippen molar-refractivity contribution in [2.75, 3.05) is 19.8 Å². The van der Waals surface area contributed by atoms with Gasteiger partial charge in [0, 0.05) is 12.1 Å². The first-order valence-electron chi connectivity index (χ1n) is 10.0. The van der Waals surface area contributed by atoms with E-state index in [4.69, 9.17) is 13.9 Å². The quantitative estimate of drug-likeness (QED) is 0.661. The molecule has 30 heavy (non-hydrogen) atoms. The Balaban J connectivity index is 1.35. The molecule has 0 spiro atoms. The first-order valence-corrected chi connectivity index (χ1v) is 10.0. The molecule has 0 N–H and O–H groups in total. The van der Waals surface area contributed by atoms with Crippen molar-refractivity contribution in [2.45, 2.75) is 25.4 Å². The van der Waals surface area contributed by atoms with Crippen LogP contribution in [0, 0.1) is 0 Å². The molecular formula is C22H21N3O5. The summed E-state index contributed by atoms with van der Waals surface area (Å²) in [7, 11) is 0. The number of likely N-dealkylation sites (tertiary alicyclic amines) is 1. The minimum Gasteiger partial charge on any atom is -0.486 e. The maximum absolute atomic E-state index is 13.0. The van der Waals surface area contributed by atoms with Gasteiger partial charge in [0.25, 0.3) is 0 Å². The van der Waals surface area contributed by atoms with E-state index in [1.165, 1.54) is 0 Å². The molecule has 8 nitrogen and oxygen atoms in total. The fourth-order valence-electron chi connectivity index (χ4n) is 4.00. The highest BCUT2D eigenvalue weighted by molar-refractivity contribution is 5.77. The summed E-state index contributed by atoms with van der Waals surface area (Å²) < 4.78 is 17.6. The van der Waals surface area contributed by atoms with Crippen LogP contribution < -0.4 is 15.2 Å². The Morgan fingerprint density at radius 2 is 1.87 bits per heavy atom. The van der Waals surface area contributed by atoms with Crippen LogP contribution in [-0.4, -0.2) is 40.3 Å². The average molecular weight is 407 g/mol. The lowest BCUT2D eigenvalue weighted by atomic mass is 10.0. The molecule has 1 atom stereocenters. The maximum atomic E-state index is 13.0. The van der Waals surface area contributed by atoms with Crippen molar-refractivity contribution in [3.05, 3.63) is 64.6 Å². The number of carbonyl (C=O) groups excluding carboxylic acids is 1. The highest BCUT2D eigenvalue weighted by Crippen LogP contribution is 2.38. The van der Waals surface area contributed by atoms with E-state index in [0.29, 0.717) is 31.1 Å². The predicted octanol–water partition coefficient (Wildman–Crippen LogP) is 2.64. The zero-order chi connectivity index (χ0) is 20.5. The molecule has 0 bridgehead atoms. The van der Waals surface area contributed by atoms with E-state index in [2.05, 4.69) is 5.10 Å². The number of nitrogens with zero attached hydrogens (tertiary/aromatic N) is 3.